The number of ether oxygens (including phenoxy) is 1. The highest BCUT2D eigenvalue weighted by atomic mass is 32.2. The van der Waals surface area contributed by atoms with Crippen molar-refractivity contribution in [3.8, 4) is 0 Å². The van der Waals surface area contributed by atoms with Gasteiger partial charge in [-0.25, -0.2) is 4.98 Å². The summed E-state index contributed by atoms with van der Waals surface area (Å²) >= 11 is 1.59. The highest BCUT2D eigenvalue weighted by Crippen LogP contribution is 2.22. The Morgan fingerprint density at radius 2 is 2.20 bits per heavy atom. The van der Waals surface area contributed by atoms with Crippen molar-refractivity contribution in [2.24, 2.45) is 7.05 Å². The van der Waals surface area contributed by atoms with Crippen molar-refractivity contribution in [1.29, 1.82) is 0 Å². The van der Waals surface area contributed by atoms with E-state index in [4.69, 9.17) is 4.74 Å². The molecule has 3 heterocycles. The summed E-state index contributed by atoms with van der Waals surface area (Å²) in [6.45, 7) is 3.19. The number of nitrogens with zero attached hydrogens (tertiary/aromatic N) is 4. The summed E-state index contributed by atoms with van der Waals surface area (Å²) in [6.07, 6.45) is 7.27. The Morgan fingerprint density at radius 1 is 1.40 bits per heavy atom. The van der Waals surface area contributed by atoms with Crippen LogP contribution in [0.1, 0.15) is 17.3 Å². The maximum absolute atomic E-state index is 12.9. The van der Waals surface area contributed by atoms with E-state index in [9.17, 15) is 4.79 Å². The lowest BCUT2D eigenvalue weighted by Crippen LogP contribution is -2.45. The van der Waals surface area contributed by atoms with Gasteiger partial charge in [-0.1, -0.05) is 17.8 Å². The fraction of sp³-hybridized carbons (Fsp3) is 0.471. The third-order valence-electron chi connectivity index (χ3n) is 4.33. The lowest BCUT2D eigenvalue weighted by atomic mass is 10.1. The Balaban J connectivity index is 1.73. The van der Waals surface area contributed by atoms with Crippen LogP contribution in [0, 0.1) is 0 Å². The summed E-state index contributed by atoms with van der Waals surface area (Å²) in [7, 11) is 1.96. The lowest BCUT2D eigenvalue weighted by Gasteiger charge is -2.33. The first-order chi connectivity index (χ1) is 12.2. The highest BCUT2D eigenvalue weighted by molar-refractivity contribution is 7.98. The van der Waals surface area contributed by atoms with Crippen LogP contribution in [-0.2, 0) is 23.1 Å². The van der Waals surface area contributed by atoms with Gasteiger partial charge in [0, 0.05) is 32.5 Å². The van der Waals surface area contributed by atoms with Crippen LogP contribution >= 0.6 is 11.8 Å². The third kappa shape index (κ3) is 4.20. The Labute approximate surface area is 151 Å². The minimum Gasteiger partial charge on any atom is -0.379 e. The molecule has 134 valence electrons. The lowest BCUT2D eigenvalue weighted by molar-refractivity contribution is -0.128. The fourth-order valence-electron chi connectivity index (χ4n) is 2.96. The smallest absolute Gasteiger partial charge is 0.242 e. The molecule has 2 aromatic rings. The van der Waals surface area contributed by atoms with Crippen molar-refractivity contribution in [3.63, 3.8) is 0 Å². The standard InChI is InChI=1S/C17H23N5O2S/c1-21-14(12-20-17(21)25-2)11-19-16(23)15(13-4-3-5-18-10-13)22-6-8-24-9-7-22/h3-5,10,12,15H,6-9,11H2,1-2H3,(H,19,23). The van der Waals surface area contributed by atoms with Crippen LogP contribution in [0.4, 0.5) is 0 Å². The van der Waals surface area contributed by atoms with Crippen LogP contribution < -0.4 is 5.32 Å². The van der Waals surface area contributed by atoms with Crippen molar-refractivity contribution in [2.75, 3.05) is 32.6 Å². The highest BCUT2D eigenvalue weighted by Gasteiger charge is 2.29. The van der Waals surface area contributed by atoms with Gasteiger partial charge in [-0.2, -0.15) is 0 Å². The first kappa shape index (κ1) is 17.9. The number of amides is 1. The summed E-state index contributed by atoms with van der Waals surface area (Å²) in [6, 6.07) is 3.45. The summed E-state index contributed by atoms with van der Waals surface area (Å²) < 4.78 is 7.42. The maximum Gasteiger partial charge on any atom is 0.242 e. The quantitative estimate of drug-likeness (QED) is 0.780. The summed E-state index contributed by atoms with van der Waals surface area (Å²) in [4.78, 5) is 23.6. The van der Waals surface area contributed by atoms with E-state index in [1.54, 1.807) is 30.4 Å². The molecule has 0 saturated carbocycles. The van der Waals surface area contributed by atoms with Crippen LogP contribution in [-0.4, -0.2) is 57.9 Å². The Hall–Kier alpha value is -1.90. The molecule has 0 bridgehead atoms. The SMILES string of the molecule is CSc1ncc(CNC(=O)C(c2cccnc2)N2CCOCC2)n1C. The van der Waals surface area contributed by atoms with Gasteiger partial charge in [0.2, 0.25) is 5.91 Å². The van der Waals surface area contributed by atoms with Gasteiger partial charge in [0.1, 0.15) is 6.04 Å². The summed E-state index contributed by atoms with van der Waals surface area (Å²) in [5.41, 5.74) is 1.88. The molecule has 0 aliphatic carbocycles. The van der Waals surface area contributed by atoms with E-state index in [1.807, 2.05) is 30.0 Å². The van der Waals surface area contributed by atoms with E-state index in [2.05, 4.69) is 20.2 Å². The zero-order valence-electron chi connectivity index (χ0n) is 14.5. The van der Waals surface area contributed by atoms with E-state index < -0.39 is 0 Å². The van der Waals surface area contributed by atoms with Gasteiger partial charge in [0.05, 0.1) is 31.6 Å². The number of thioether (sulfide) groups is 1. The van der Waals surface area contributed by atoms with Gasteiger partial charge in [0.15, 0.2) is 5.16 Å². The number of morpholine rings is 1. The first-order valence-electron chi connectivity index (χ1n) is 8.24. The van der Waals surface area contributed by atoms with Crippen LogP contribution in [0.25, 0.3) is 0 Å². The molecule has 0 spiro atoms. The molecule has 25 heavy (non-hydrogen) atoms. The van der Waals surface area contributed by atoms with Crippen molar-refractivity contribution in [3.05, 3.63) is 42.0 Å². The Bertz CT molecular complexity index is 700. The largest absolute Gasteiger partial charge is 0.379 e. The zero-order chi connectivity index (χ0) is 17.6. The fourth-order valence-corrected chi connectivity index (χ4v) is 3.50. The first-order valence-corrected chi connectivity index (χ1v) is 9.47. The number of carbonyl (C=O) groups excluding carboxylic acids is 1. The number of hydrogen-bond acceptors (Lipinski definition) is 6. The number of imidazole rings is 1. The number of aromatic nitrogens is 3. The normalized spacial score (nSPS) is 16.6. The van der Waals surface area contributed by atoms with E-state index in [-0.39, 0.29) is 11.9 Å². The molecule has 2 aromatic heterocycles. The zero-order valence-corrected chi connectivity index (χ0v) is 15.3. The molecule has 1 aliphatic heterocycles. The maximum atomic E-state index is 12.9. The Morgan fingerprint density at radius 3 is 2.84 bits per heavy atom. The van der Waals surface area contributed by atoms with Gasteiger partial charge in [-0.05, 0) is 17.9 Å². The molecule has 3 rings (SSSR count). The molecule has 1 aliphatic rings. The van der Waals surface area contributed by atoms with Crippen LogP contribution in [0.3, 0.4) is 0 Å². The minimum absolute atomic E-state index is 0.0261. The van der Waals surface area contributed by atoms with E-state index >= 15 is 0 Å². The number of carbonyl (C=O) groups is 1. The van der Waals surface area contributed by atoms with Gasteiger partial charge >= 0.3 is 0 Å². The topological polar surface area (TPSA) is 72.3 Å². The van der Waals surface area contributed by atoms with Crippen molar-refractivity contribution in [1.82, 2.24) is 24.8 Å². The summed E-state index contributed by atoms with van der Waals surface area (Å²) in [5.74, 6) is -0.0261. The molecule has 7 nitrogen and oxygen atoms in total. The molecule has 1 fully saturated rings. The number of hydrogen-bond donors (Lipinski definition) is 1. The summed E-state index contributed by atoms with van der Waals surface area (Å²) in [5, 5.41) is 3.99. The minimum atomic E-state index is -0.356. The molecule has 8 heteroatoms. The molecular formula is C17H23N5O2S. The second kappa shape index (κ2) is 8.46. The predicted octanol–water partition coefficient (Wildman–Crippen LogP) is 1.23. The average molecular weight is 361 g/mol. The van der Waals surface area contributed by atoms with E-state index in [1.165, 1.54) is 0 Å². The molecule has 1 atom stereocenters. The van der Waals surface area contributed by atoms with Crippen molar-refractivity contribution >= 4 is 17.7 Å². The van der Waals surface area contributed by atoms with Gasteiger partial charge in [-0.15, -0.1) is 0 Å². The van der Waals surface area contributed by atoms with Crippen LogP contribution in [0.2, 0.25) is 0 Å². The average Bonchev–Trinajstić information content (AvgIpc) is 3.02. The molecule has 1 amide bonds. The van der Waals surface area contributed by atoms with Gasteiger partial charge < -0.3 is 14.6 Å². The number of nitrogens with one attached hydrogen (secondary N) is 1. The van der Waals surface area contributed by atoms with Crippen LogP contribution in [0.15, 0.2) is 35.9 Å². The van der Waals surface area contributed by atoms with Gasteiger partial charge in [-0.3, -0.25) is 14.7 Å². The van der Waals surface area contributed by atoms with Crippen molar-refractivity contribution in [2.45, 2.75) is 17.7 Å². The number of pyridine rings is 1. The second-order valence-electron chi connectivity index (χ2n) is 5.85. The molecular weight excluding hydrogens is 338 g/mol. The molecule has 1 unspecified atom stereocenters. The third-order valence-corrected chi connectivity index (χ3v) is 5.07. The molecule has 0 radical (unpaired) electrons. The van der Waals surface area contributed by atoms with E-state index in [0.29, 0.717) is 19.8 Å². The Kier molecular flexibility index (Phi) is 6.06. The number of rotatable bonds is 6. The van der Waals surface area contributed by atoms with E-state index in [0.717, 1.165) is 29.5 Å². The molecule has 1 saturated heterocycles. The molecule has 1 N–H and O–H groups in total. The molecule has 0 aromatic carbocycles. The van der Waals surface area contributed by atoms with Crippen molar-refractivity contribution < 1.29 is 9.53 Å². The second-order valence-corrected chi connectivity index (χ2v) is 6.62. The van der Waals surface area contributed by atoms with Gasteiger partial charge in [0.25, 0.3) is 0 Å². The predicted molar refractivity (Wildman–Crippen MR) is 96.2 cm³/mol. The van der Waals surface area contributed by atoms with Crippen LogP contribution in [0.5, 0.6) is 0 Å². The monoisotopic (exact) mass is 361 g/mol.